The quantitative estimate of drug-likeness (QED) is 0.534. The van der Waals surface area contributed by atoms with Crippen LogP contribution < -0.4 is 0 Å². The maximum atomic E-state index is 11.8. The molecule has 7 heteroatoms. The zero-order valence-corrected chi connectivity index (χ0v) is 14.9. The Morgan fingerprint density at radius 2 is 2.00 bits per heavy atom. The summed E-state index contributed by atoms with van der Waals surface area (Å²) in [4.78, 5) is 11.8. The highest BCUT2D eigenvalue weighted by molar-refractivity contribution is 6.44. The predicted octanol–water partition coefficient (Wildman–Crippen LogP) is 2.40. The fourth-order valence-electron chi connectivity index (χ4n) is 1.85. The van der Waals surface area contributed by atoms with Gasteiger partial charge in [0.2, 0.25) is 0 Å². The van der Waals surface area contributed by atoms with Crippen molar-refractivity contribution in [2.45, 2.75) is 64.8 Å². The van der Waals surface area contributed by atoms with Crippen molar-refractivity contribution in [3.63, 3.8) is 0 Å². The summed E-state index contributed by atoms with van der Waals surface area (Å²) in [6.07, 6.45) is 1.45. The van der Waals surface area contributed by atoms with Crippen LogP contribution in [0.2, 0.25) is 17.5 Å². The molecule has 0 fully saturated rings. The zero-order valence-electron chi connectivity index (χ0n) is 14.9. The standard InChI is InChI=1S/C15H28B2O5/c1-8-19-12(18)15(6)20-9-11(10-21-15)22-17-14(4,5)13(2,3)16-7/h9,16-17H,8,10H2,1-7H3/t15-/m0/s1. The van der Waals surface area contributed by atoms with Gasteiger partial charge in [-0.15, -0.1) is 0 Å². The molecule has 0 aliphatic carbocycles. The van der Waals surface area contributed by atoms with Gasteiger partial charge in [0.1, 0.15) is 25.9 Å². The second-order valence-corrected chi connectivity index (χ2v) is 7.07. The topological polar surface area (TPSA) is 54.0 Å². The van der Waals surface area contributed by atoms with Gasteiger partial charge in [0.15, 0.2) is 0 Å². The van der Waals surface area contributed by atoms with Gasteiger partial charge < -0.3 is 18.9 Å². The minimum absolute atomic E-state index is 0.00445. The van der Waals surface area contributed by atoms with Crippen LogP contribution in [-0.2, 0) is 23.7 Å². The third-order valence-corrected chi connectivity index (χ3v) is 4.89. The Morgan fingerprint density at radius 3 is 2.45 bits per heavy atom. The van der Waals surface area contributed by atoms with Gasteiger partial charge in [-0.2, -0.15) is 0 Å². The third-order valence-electron chi connectivity index (χ3n) is 4.89. The fraction of sp³-hybridized carbons (Fsp3) is 0.800. The van der Waals surface area contributed by atoms with Crippen LogP contribution in [0.25, 0.3) is 0 Å². The number of esters is 1. The van der Waals surface area contributed by atoms with E-state index < -0.39 is 11.8 Å². The molecule has 0 bridgehead atoms. The van der Waals surface area contributed by atoms with Gasteiger partial charge in [0.05, 0.1) is 6.61 Å². The molecule has 0 radical (unpaired) electrons. The van der Waals surface area contributed by atoms with Crippen molar-refractivity contribution in [1.82, 2.24) is 0 Å². The monoisotopic (exact) mass is 310 g/mol. The van der Waals surface area contributed by atoms with Gasteiger partial charge >= 0.3 is 19.2 Å². The second-order valence-electron chi connectivity index (χ2n) is 7.07. The highest BCUT2D eigenvalue weighted by atomic mass is 16.7. The van der Waals surface area contributed by atoms with Crippen LogP contribution in [0.3, 0.4) is 0 Å². The molecular weight excluding hydrogens is 282 g/mol. The van der Waals surface area contributed by atoms with E-state index in [0.29, 0.717) is 13.2 Å². The van der Waals surface area contributed by atoms with Crippen molar-refractivity contribution < 1.29 is 23.7 Å². The summed E-state index contributed by atoms with van der Waals surface area (Å²) in [7, 11) is 1.62. The minimum Gasteiger partial charge on any atom is -0.563 e. The van der Waals surface area contributed by atoms with Crippen LogP contribution in [0.5, 0.6) is 0 Å². The summed E-state index contributed by atoms with van der Waals surface area (Å²) in [6.45, 7) is 14.8. The average molecular weight is 310 g/mol. The van der Waals surface area contributed by atoms with E-state index in [0.717, 1.165) is 7.28 Å². The molecule has 0 spiro atoms. The van der Waals surface area contributed by atoms with E-state index in [9.17, 15) is 4.79 Å². The largest absolute Gasteiger partial charge is 0.563 e. The molecule has 0 saturated heterocycles. The molecule has 124 valence electrons. The van der Waals surface area contributed by atoms with Crippen LogP contribution in [-0.4, -0.2) is 39.7 Å². The van der Waals surface area contributed by atoms with E-state index in [1.807, 2.05) is 0 Å². The first kappa shape index (κ1) is 18.9. The van der Waals surface area contributed by atoms with Crippen LogP contribution >= 0.6 is 0 Å². The van der Waals surface area contributed by atoms with Crippen molar-refractivity contribution >= 4 is 20.7 Å². The SMILES string of the molecule is CBC(C)(C)C(C)(C)BOC1=CO[C@](C)(C(=O)OCC)OC1. The molecule has 1 rings (SSSR count). The molecule has 0 unspecified atom stereocenters. The van der Waals surface area contributed by atoms with Crippen molar-refractivity contribution in [2.75, 3.05) is 13.2 Å². The van der Waals surface area contributed by atoms with Gasteiger partial charge in [-0.3, -0.25) is 0 Å². The highest BCUT2D eigenvalue weighted by Gasteiger charge is 2.42. The minimum atomic E-state index is -1.39. The van der Waals surface area contributed by atoms with Crippen molar-refractivity contribution in [2.24, 2.45) is 0 Å². The summed E-state index contributed by atoms with van der Waals surface area (Å²) < 4.78 is 21.6. The van der Waals surface area contributed by atoms with Gasteiger partial charge in [-0.05, 0) is 12.2 Å². The summed E-state index contributed by atoms with van der Waals surface area (Å²) in [6, 6.07) is 0. The van der Waals surface area contributed by atoms with Gasteiger partial charge in [-0.1, -0.05) is 39.8 Å². The first-order chi connectivity index (χ1) is 10.1. The molecule has 0 N–H and O–H groups in total. The van der Waals surface area contributed by atoms with E-state index in [1.54, 1.807) is 13.8 Å². The van der Waals surface area contributed by atoms with Crippen LogP contribution in [0.4, 0.5) is 0 Å². The lowest BCUT2D eigenvalue weighted by molar-refractivity contribution is -0.230. The Bertz CT molecular complexity index is 434. The number of hydrogen-bond acceptors (Lipinski definition) is 5. The number of rotatable bonds is 7. The van der Waals surface area contributed by atoms with Crippen molar-refractivity contribution in [3.8, 4) is 0 Å². The second kappa shape index (κ2) is 6.99. The smallest absolute Gasteiger partial charge is 0.379 e. The normalized spacial score (nSPS) is 22.2. The van der Waals surface area contributed by atoms with E-state index in [2.05, 4.69) is 34.5 Å². The lowest BCUT2D eigenvalue weighted by Gasteiger charge is -2.40. The first-order valence-corrected chi connectivity index (χ1v) is 7.89. The molecule has 0 aromatic carbocycles. The Balaban J connectivity index is 2.61. The lowest BCUT2D eigenvalue weighted by Crippen LogP contribution is -2.44. The van der Waals surface area contributed by atoms with Crippen LogP contribution in [0.15, 0.2) is 12.0 Å². The van der Waals surface area contributed by atoms with Gasteiger partial charge in [0, 0.05) is 6.92 Å². The molecule has 1 atom stereocenters. The van der Waals surface area contributed by atoms with Crippen molar-refractivity contribution in [3.05, 3.63) is 12.0 Å². The highest BCUT2D eigenvalue weighted by Crippen LogP contribution is 2.49. The lowest BCUT2D eigenvalue weighted by atomic mass is 9.38. The van der Waals surface area contributed by atoms with Crippen molar-refractivity contribution in [1.29, 1.82) is 0 Å². The molecule has 0 amide bonds. The molecule has 0 aromatic rings. The number of carbonyl (C=O) groups is 1. The van der Waals surface area contributed by atoms with E-state index in [4.69, 9.17) is 18.9 Å². The van der Waals surface area contributed by atoms with Crippen LogP contribution in [0, 0.1) is 0 Å². The molecule has 0 saturated carbocycles. The molecule has 1 aliphatic rings. The third kappa shape index (κ3) is 4.22. The maximum Gasteiger partial charge on any atom is 0.379 e. The summed E-state index contributed by atoms with van der Waals surface area (Å²) in [5, 5.41) is 0.161. The summed E-state index contributed by atoms with van der Waals surface area (Å²) in [5.74, 6) is -1.33. The fourth-order valence-corrected chi connectivity index (χ4v) is 1.85. The molecular formula is C15H28B2O5. The predicted molar refractivity (Wildman–Crippen MR) is 89.5 cm³/mol. The molecule has 0 aromatic heterocycles. The van der Waals surface area contributed by atoms with Gasteiger partial charge in [-0.25, -0.2) is 4.79 Å². The molecule has 22 heavy (non-hydrogen) atoms. The van der Waals surface area contributed by atoms with E-state index in [1.165, 1.54) is 6.26 Å². The Kier molecular flexibility index (Phi) is 6.02. The Labute approximate surface area is 135 Å². The first-order valence-electron chi connectivity index (χ1n) is 7.89. The Morgan fingerprint density at radius 1 is 1.36 bits per heavy atom. The Hall–Kier alpha value is -1.10. The molecule has 5 nitrogen and oxygen atoms in total. The molecule has 1 aliphatic heterocycles. The number of carbonyl (C=O) groups excluding carboxylic acids is 1. The maximum absolute atomic E-state index is 11.8. The van der Waals surface area contributed by atoms with Gasteiger partial charge in [0.25, 0.3) is 0 Å². The molecule has 1 heterocycles. The average Bonchev–Trinajstić information content (AvgIpc) is 2.46. The number of ether oxygens (including phenoxy) is 3. The zero-order chi connectivity index (χ0) is 17.0. The van der Waals surface area contributed by atoms with E-state index in [-0.39, 0.29) is 23.8 Å². The number of hydrogen-bond donors (Lipinski definition) is 0. The van der Waals surface area contributed by atoms with E-state index >= 15 is 0 Å². The van der Waals surface area contributed by atoms with Crippen LogP contribution in [0.1, 0.15) is 41.5 Å². The summed E-state index contributed by atoms with van der Waals surface area (Å²) >= 11 is 0. The summed E-state index contributed by atoms with van der Waals surface area (Å²) in [5.41, 5.74) is 0.